The molecule has 1 saturated heterocycles. The fourth-order valence-electron chi connectivity index (χ4n) is 4.56. The van der Waals surface area contributed by atoms with E-state index in [1.165, 1.54) is 35.1 Å². The summed E-state index contributed by atoms with van der Waals surface area (Å²) in [4.78, 5) is 17.4. The quantitative estimate of drug-likeness (QED) is 0.552. The number of pyridine rings is 1. The van der Waals surface area contributed by atoms with Crippen LogP contribution in [-0.4, -0.2) is 23.9 Å². The van der Waals surface area contributed by atoms with Gasteiger partial charge in [-0.3, -0.25) is 9.78 Å². The zero-order chi connectivity index (χ0) is 20.9. The van der Waals surface area contributed by atoms with Crippen LogP contribution in [0, 0.1) is 13.8 Å². The van der Waals surface area contributed by atoms with Gasteiger partial charge in [-0.25, -0.2) is 0 Å². The van der Waals surface area contributed by atoms with E-state index < -0.39 is 0 Å². The Bertz CT molecular complexity index is 1000. The van der Waals surface area contributed by atoms with Crippen molar-refractivity contribution in [3.8, 4) is 0 Å². The Balaban J connectivity index is 1.63. The molecule has 1 aromatic heterocycles. The van der Waals surface area contributed by atoms with Crippen LogP contribution in [0.1, 0.15) is 69.4 Å². The summed E-state index contributed by atoms with van der Waals surface area (Å²) in [5.74, 6) is 0.851. The van der Waals surface area contributed by atoms with Crippen molar-refractivity contribution in [2.24, 2.45) is 0 Å². The smallest absolute Gasteiger partial charge is 0.163 e. The summed E-state index contributed by atoms with van der Waals surface area (Å²) < 4.78 is 0. The van der Waals surface area contributed by atoms with E-state index in [2.05, 4.69) is 65.8 Å². The lowest BCUT2D eigenvalue weighted by atomic mass is 9.82. The van der Waals surface area contributed by atoms with Gasteiger partial charge in [0.05, 0.1) is 0 Å². The van der Waals surface area contributed by atoms with Crippen molar-refractivity contribution in [1.82, 2.24) is 10.3 Å². The molecule has 3 heteroatoms. The van der Waals surface area contributed by atoms with Crippen LogP contribution in [0.4, 0.5) is 0 Å². The highest BCUT2D eigenvalue weighted by Crippen LogP contribution is 2.33. The average Bonchev–Trinajstić information content (AvgIpc) is 2.79. The largest absolute Gasteiger partial charge is 0.317 e. The second kappa shape index (κ2) is 9.36. The molecule has 1 aliphatic rings. The molecular formula is C27H30N2O. The first-order chi connectivity index (χ1) is 14.6. The van der Waals surface area contributed by atoms with Gasteiger partial charge < -0.3 is 5.32 Å². The highest BCUT2D eigenvalue weighted by Gasteiger charge is 2.22. The third-order valence-corrected chi connectivity index (χ3v) is 6.32. The van der Waals surface area contributed by atoms with Crippen LogP contribution in [0.25, 0.3) is 0 Å². The minimum Gasteiger partial charge on any atom is -0.317 e. The second-order valence-corrected chi connectivity index (χ2v) is 8.41. The summed E-state index contributed by atoms with van der Waals surface area (Å²) in [7, 11) is 0. The van der Waals surface area contributed by atoms with Gasteiger partial charge in [-0.05, 0) is 80.1 Å². The predicted octanol–water partition coefficient (Wildman–Crippen LogP) is 5.57. The third-order valence-electron chi connectivity index (χ3n) is 6.32. The first-order valence-electron chi connectivity index (χ1n) is 10.9. The van der Waals surface area contributed by atoms with Gasteiger partial charge in [0.1, 0.15) is 0 Å². The summed E-state index contributed by atoms with van der Waals surface area (Å²) >= 11 is 0. The fourth-order valence-corrected chi connectivity index (χ4v) is 4.56. The number of hydrogen-bond acceptors (Lipinski definition) is 3. The molecule has 4 rings (SSSR count). The van der Waals surface area contributed by atoms with E-state index in [4.69, 9.17) is 0 Å². The van der Waals surface area contributed by atoms with Gasteiger partial charge >= 0.3 is 0 Å². The van der Waals surface area contributed by atoms with E-state index in [1.807, 2.05) is 19.1 Å². The summed E-state index contributed by atoms with van der Waals surface area (Å²) in [6, 6.07) is 21.2. The Hall–Kier alpha value is -2.78. The number of rotatable bonds is 6. The number of nitrogens with one attached hydrogen (secondary N) is 1. The number of nitrogens with zero attached hydrogens (tertiary/aromatic N) is 1. The Morgan fingerprint density at radius 1 is 1.03 bits per heavy atom. The van der Waals surface area contributed by atoms with Gasteiger partial charge in [-0.2, -0.15) is 0 Å². The number of ketones is 1. The monoisotopic (exact) mass is 398 g/mol. The summed E-state index contributed by atoms with van der Waals surface area (Å²) in [5, 5.41) is 3.44. The number of aromatic nitrogens is 1. The molecule has 0 spiro atoms. The minimum atomic E-state index is 0.0502. The van der Waals surface area contributed by atoms with Gasteiger partial charge in [0, 0.05) is 29.8 Å². The number of carbonyl (C=O) groups excluding carboxylic acids is 1. The Labute approximate surface area is 179 Å². The number of hydrogen-bond donors (Lipinski definition) is 1. The maximum absolute atomic E-state index is 13.1. The molecular weight excluding hydrogens is 368 g/mol. The minimum absolute atomic E-state index is 0.0502. The van der Waals surface area contributed by atoms with Crippen LogP contribution in [-0.2, 0) is 0 Å². The normalized spacial score (nSPS) is 15.7. The van der Waals surface area contributed by atoms with Crippen molar-refractivity contribution in [2.75, 3.05) is 13.1 Å². The zero-order valence-electron chi connectivity index (χ0n) is 17.9. The third kappa shape index (κ3) is 4.68. The molecule has 2 aromatic carbocycles. The average molecular weight is 399 g/mol. The lowest BCUT2D eigenvalue weighted by Gasteiger charge is -2.24. The maximum Gasteiger partial charge on any atom is 0.163 e. The molecule has 1 N–H and O–H groups in total. The van der Waals surface area contributed by atoms with Gasteiger partial charge in [0.25, 0.3) is 0 Å². The number of carbonyl (C=O) groups is 1. The molecule has 0 saturated carbocycles. The molecule has 0 radical (unpaired) electrons. The predicted molar refractivity (Wildman–Crippen MR) is 122 cm³/mol. The first kappa shape index (κ1) is 20.5. The van der Waals surface area contributed by atoms with Crippen LogP contribution in [0.3, 0.4) is 0 Å². The van der Waals surface area contributed by atoms with Crippen molar-refractivity contribution >= 4 is 5.78 Å². The number of piperidine rings is 1. The first-order valence-corrected chi connectivity index (χ1v) is 10.9. The second-order valence-electron chi connectivity index (χ2n) is 8.41. The number of benzene rings is 2. The zero-order valence-corrected chi connectivity index (χ0v) is 17.9. The van der Waals surface area contributed by atoms with E-state index in [-0.39, 0.29) is 11.7 Å². The highest BCUT2D eigenvalue weighted by molar-refractivity contribution is 5.96. The van der Waals surface area contributed by atoms with E-state index in [9.17, 15) is 4.79 Å². The standard InChI is InChI=1S/C27H30N2O/c1-19-5-3-4-6-25(19)26(18-27(30)24-13-16-29-20(2)17-24)23-9-7-21(8-10-23)22-11-14-28-15-12-22/h3-10,13,16-17,22,26,28H,11-12,14-15,18H2,1-2H3. The van der Waals surface area contributed by atoms with Crippen LogP contribution >= 0.6 is 0 Å². The van der Waals surface area contributed by atoms with E-state index in [0.29, 0.717) is 12.3 Å². The molecule has 1 unspecified atom stereocenters. The van der Waals surface area contributed by atoms with Crippen molar-refractivity contribution in [3.63, 3.8) is 0 Å². The maximum atomic E-state index is 13.1. The van der Waals surface area contributed by atoms with Crippen molar-refractivity contribution in [1.29, 1.82) is 0 Å². The Morgan fingerprint density at radius 2 is 1.77 bits per heavy atom. The van der Waals surface area contributed by atoms with Crippen LogP contribution < -0.4 is 5.32 Å². The lowest BCUT2D eigenvalue weighted by molar-refractivity contribution is 0.0977. The van der Waals surface area contributed by atoms with Crippen LogP contribution in [0.15, 0.2) is 66.9 Å². The molecule has 0 aliphatic carbocycles. The lowest BCUT2D eigenvalue weighted by Crippen LogP contribution is -2.26. The van der Waals surface area contributed by atoms with Gasteiger partial charge in [0.15, 0.2) is 5.78 Å². The van der Waals surface area contributed by atoms with E-state index in [1.54, 1.807) is 6.20 Å². The molecule has 30 heavy (non-hydrogen) atoms. The molecule has 154 valence electrons. The van der Waals surface area contributed by atoms with Crippen molar-refractivity contribution < 1.29 is 4.79 Å². The van der Waals surface area contributed by atoms with Gasteiger partial charge in [-0.1, -0.05) is 48.5 Å². The molecule has 2 heterocycles. The van der Waals surface area contributed by atoms with Crippen LogP contribution in [0.5, 0.6) is 0 Å². The molecule has 0 amide bonds. The Kier molecular flexibility index (Phi) is 6.39. The van der Waals surface area contributed by atoms with Crippen LogP contribution in [0.2, 0.25) is 0 Å². The molecule has 1 atom stereocenters. The number of Topliss-reactive ketones (excluding diaryl/α,β-unsaturated/α-hetero) is 1. The molecule has 1 aliphatic heterocycles. The Morgan fingerprint density at radius 3 is 2.47 bits per heavy atom. The van der Waals surface area contributed by atoms with Crippen molar-refractivity contribution in [3.05, 3.63) is 100 Å². The summed E-state index contributed by atoms with van der Waals surface area (Å²) in [6.45, 7) is 6.25. The SMILES string of the molecule is Cc1cc(C(=O)CC(c2ccc(C3CCNCC3)cc2)c2ccccc2C)ccn1. The molecule has 1 fully saturated rings. The molecule has 3 aromatic rings. The van der Waals surface area contributed by atoms with E-state index in [0.717, 1.165) is 24.3 Å². The summed E-state index contributed by atoms with van der Waals surface area (Å²) in [5.41, 5.74) is 6.70. The van der Waals surface area contributed by atoms with Gasteiger partial charge in [0.2, 0.25) is 0 Å². The summed E-state index contributed by atoms with van der Waals surface area (Å²) in [6.07, 6.45) is 4.57. The van der Waals surface area contributed by atoms with Gasteiger partial charge in [-0.15, -0.1) is 0 Å². The van der Waals surface area contributed by atoms with Crippen molar-refractivity contribution in [2.45, 2.75) is 44.9 Å². The fraction of sp³-hybridized carbons (Fsp3) is 0.333. The number of aryl methyl sites for hydroxylation is 2. The van der Waals surface area contributed by atoms with E-state index >= 15 is 0 Å². The topological polar surface area (TPSA) is 42.0 Å². The molecule has 0 bridgehead atoms. The molecule has 3 nitrogen and oxygen atoms in total. The highest BCUT2D eigenvalue weighted by atomic mass is 16.1.